The number of aromatic carboxylic acids is 1. The number of anilines is 2. The molecule has 4 aromatic rings. The lowest BCUT2D eigenvalue weighted by molar-refractivity contribution is -0.0367. The normalized spacial score (nSPS) is 16.1. The molecule has 0 saturated carbocycles. The smallest absolute Gasteiger partial charge is 0.337 e. The van der Waals surface area contributed by atoms with Gasteiger partial charge in [0.2, 0.25) is 0 Å². The Kier molecular flexibility index (Phi) is 6.33. The van der Waals surface area contributed by atoms with Crippen molar-refractivity contribution in [2.24, 2.45) is 0 Å². The minimum absolute atomic E-state index is 0.130. The number of aryl methyl sites for hydroxylation is 2. The number of para-hydroxylation sites is 1. The van der Waals surface area contributed by atoms with Crippen molar-refractivity contribution < 1.29 is 14.6 Å². The number of rotatable bonds is 6. The maximum Gasteiger partial charge on any atom is 0.337 e. The Morgan fingerprint density at radius 2 is 1.97 bits per heavy atom. The molecule has 0 aliphatic carbocycles. The SMILES string of the molecule is Cc1cc(C)nc(C=Cc2nn(C3CCCCO3)c3cc(Nc4ccccc4C(=O)O)ccc23)c1. The molecule has 0 bridgehead atoms. The second-order valence-electron chi connectivity index (χ2n) is 8.90. The van der Waals surface area contributed by atoms with Gasteiger partial charge in [-0.25, -0.2) is 9.48 Å². The van der Waals surface area contributed by atoms with E-state index in [4.69, 9.17) is 9.84 Å². The maximum atomic E-state index is 11.6. The second kappa shape index (κ2) is 9.72. The average molecular weight is 469 g/mol. The fourth-order valence-electron chi connectivity index (χ4n) is 4.56. The average Bonchev–Trinajstić information content (AvgIpc) is 3.21. The molecule has 1 atom stereocenters. The zero-order chi connectivity index (χ0) is 24.4. The standard InChI is InChI=1S/C28H28N4O3/c1-18-15-19(2)29-20(16-18)11-13-25-22-12-10-21(30-24-8-4-3-7-23(24)28(33)34)17-26(22)32(31-25)27-9-5-6-14-35-27/h3-4,7-8,10-13,15-17,27,30H,5-6,9,14H2,1-2H3,(H,33,34). The predicted molar refractivity (Wildman–Crippen MR) is 138 cm³/mol. The summed E-state index contributed by atoms with van der Waals surface area (Å²) in [5.41, 5.74) is 6.36. The van der Waals surface area contributed by atoms with Crippen LogP contribution in [0, 0.1) is 13.8 Å². The van der Waals surface area contributed by atoms with E-state index in [0.717, 1.165) is 52.9 Å². The molecule has 3 heterocycles. The number of nitrogens with one attached hydrogen (secondary N) is 1. The summed E-state index contributed by atoms with van der Waals surface area (Å²) in [7, 11) is 0. The van der Waals surface area contributed by atoms with Gasteiger partial charge in [0.25, 0.3) is 0 Å². The van der Waals surface area contributed by atoms with Crippen molar-refractivity contribution in [2.45, 2.75) is 39.3 Å². The lowest BCUT2D eigenvalue weighted by atomic mass is 10.1. The van der Waals surface area contributed by atoms with Crippen LogP contribution >= 0.6 is 0 Å². The maximum absolute atomic E-state index is 11.6. The highest BCUT2D eigenvalue weighted by Gasteiger charge is 2.21. The molecule has 0 radical (unpaired) electrons. The molecule has 2 N–H and O–H groups in total. The third-order valence-electron chi connectivity index (χ3n) is 6.13. The van der Waals surface area contributed by atoms with Gasteiger partial charge >= 0.3 is 5.97 Å². The van der Waals surface area contributed by atoms with Crippen LogP contribution in [0.1, 0.15) is 58.5 Å². The first kappa shape index (κ1) is 22.8. The highest BCUT2D eigenvalue weighted by molar-refractivity contribution is 5.96. The number of pyridine rings is 1. The van der Waals surface area contributed by atoms with Gasteiger partial charge in [-0.1, -0.05) is 12.1 Å². The summed E-state index contributed by atoms with van der Waals surface area (Å²) in [5, 5.41) is 18.7. The first-order valence-corrected chi connectivity index (χ1v) is 11.8. The van der Waals surface area contributed by atoms with E-state index in [1.54, 1.807) is 18.2 Å². The Bertz CT molecular complexity index is 1400. The van der Waals surface area contributed by atoms with E-state index >= 15 is 0 Å². The minimum Gasteiger partial charge on any atom is -0.478 e. The molecule has 35 heavy (non-hydrogen) atoms. The Morgan fingerprint density at radius 1 is 1.11 bits per heavy atom. The number of hydrogen-bond acceptors (Lipinski definition) is 5. The molecule has 7 heteroatoms. The number of carbonyl (C=O) groups is 1. The molecular formula is C28H28N4O3. The molecule has 7 nitrogen and oxygen atoms in total. The second-order valence-corrected chi connectivity index (χ2v) is 8.90. The van der Waals surface area contributed by atoms with Crippen LogP contribution in [0.5, 0.6) is 0 Å². The monoisotopic (exact) mass is 468 g/mol. The summed E-state index contributed by atoms with van der Waals surface area (Å²) in [6, 6.07) is 17.0. The zero-order valence-corrected chi connectivity index (χ0v) is 19.9. The molecule has 2 aromatic carbocycles. The summed E-state index contributed by atoms with van der Waals surface area (Å²) in [4.78, 5) is 16.2. The van der Waals surface area contributed by atoms with Gasteiger partial charge < -0.3 is 15.2 Å². The van der Waals surface area contributed by atoms with Crippen LogP contribution in [0.4, 0.5) is 11.4 Å². The van der Waals surface area contributed by atoms with Crippen molar-refractivity contribution >= 4 is 40.4 Å². The number of hydrogen-bond donors (Lipinski definition) is 2. The van der Waals surface area contributed by atoms with Gasteiger partial charge in [0.05, 0.1) is 28.2 Å². The van der Waals surface area contributed by atoms with Gasteiger partial charge in [-0.05, 0) is 93.3 Å². The molecule has 2 aromatic heterocycles. The largest absolute Gasteiger partial charge is 0.478 e. The third-order valence-corrected chi connectivity index (χ3v) is 6.13. The van der Waals surface area contributed by atoms with Gasteiger partial charge in [0.1, 0.15) is 0 Å². The highest BCUT2D eigenvalue weighted by atomic mass is 16.5. The fourth-order valence-corrected chi connectivity index (χ4v) is 4.56. The number of fused-ring (bicyclic) bond motifs is 1. The van der Waals surface area contributed by atoms with Crippen LogP contribution in [-0.2, 0) is 4.74 Å². The Hall–Kier alpha value is -3.97. The molecule has 5 rings (SSSR count). The Morgan fingerprint density at radius 3 is 2.74 bits per heavy atom. The third kappa shape index (κ3) is 4.95. The molecule has 1 aliphatic heterocycles. The van der Waals surface area contributed by atoms with Crippen LogP contribution in [0.15, 0.2) is 54.6 Å². The Labute approximate surface area is 204 Å². The van der Waals surface area contributed by atoms with Crippen molar-refractivity contribution in [3.8, 4) is 0 Å². The van der Waals surface area contributed by atoms with Crippen LogP contribution in [-0.4, -0.2) is 32.4 Å². The molecule has 1 aliphatic rings. The topological polar surface area (TPSA) is 89.3 Å². The summed E-state index contributed by atoms with van der Waals surface area (Å²) in [5.74, 6) is -0.970. The summed E-state index contributed by atoms with van der Waals surface area (Å²) < 4.78 is 8.01. The van der Waals surface area contributed by atoms with Crippen LogP contribution in [0.2, 0.25) is 0 Å². The van der Waals surface area contributed by atoms with Crippen molar-refractivity contribution in [3.05, 3.63) is 82.8 Å². The van der Waals surface area contributed by atoms with Gasteiger partial charge in [-0.15, -0.1) is 0 Å². The molecule has 1 saturated heterocycles. The van der Waals surface area contributed by atoms with Crippen molar-refractivity contribution in [1.82, 2.24) is 14.8 Å². The minimum atomic E-state index is -0.970. The summed E-state index contributed by atoms with van der Waals surface area (Å²) >= 11 is 0. The van der Waals surface area contributed by atoms with E-state index in [9.17, 15) is 9.90 Å². The van der Waals surface area contributed by atoms with Crippen LogP contribution < -0.4 is 5.32 Å². The van der Waals surface area contributed by atoms with Crippen LogP contribution in [0.25, 0.3) is 23.1 Å². The van der Waals surface area contributed by atoms with E-state index in [0.29, 0.717) is 12.3 Å². The molecule has 0 spiro atoms. The first-order chi connectivity index (χ1) is 17.0. The van der Waals surface area contributed by atoms with E-state index < -0.39 is 5.97 Å². The van der Waals surface area contributed by atoms with Gasteiger partial charge in [0.15, 0.2) is 6.23 Å². The molecule has 1 unspecified atom stereocenters. The van der Waals surface area contributed by atoms with Crippen molar-refractivity contribution in [2.75, 3.05) is 11.9 Å². The fraction of sp³-hybridized carbons (Fsp3) is 0.250. The van der Waals surface area contributed by atoms with E-state index in [1.807, 2.05) is 48.0 Å². The molecule has 1 fully saturated rings. The van der Waals surface area contributed by atoms with E-state index in [-0.39, 0.29) is 11.8 Å². The van der Waals surface area contributed by atoms with Gasteiger partial charge in [-0.3, -0.25) is 4.98 Å². The van der Waals surface area contributed by atoms with E-state index in [1.165, 1.54) is 5.56 Å². The van der Waals surface area contributed by atoms with Gasteiger partial charge in [0, 0.05) is 23.4 Å². The molecular weight excluding hydrogens is 440 g/mol. The number of ether oxygens (including phenoxy) is 1. The summed E-state index contributed by atoms with van der Waals surface area (Å²) in [6.07, 6.45) is 6.90. The van der Waals surface area contributed by atoms with Crippen molar-refractivity contribution in [1.29, 1.82) is 0 Å². The number of benzene rings is 2. The lowest BCUT2D eigenvalue weighted by Gasteiger charge is -2.23. The first-order valence-electron chi connectivity index (χ1n) is 11.8. The lowest BCUT2D eigenvalue weighted by Crippen LogP contribution is -2.19. The number of carboxylic acids is 1. The van der Waals surface area contributed by atoms with Crippen molar-refractivity contribution in [3.63, 3.8) is 0 Å². The summed E-state index contributed by atoms with van der Waals surface area (Å²) in [6.45, 7) is 4.77. The van der Waals surface area contributed by atoms with E-state index in [2.05, 4.69) is 29.4 Å². The van der Waals surface area contributed by atoms with Crippen LogP contribution in [0.3, 0.4) is 0 Å². The number of nitrogens with zero attached hydrogens (tertiary/aromatic N) is 3. The zero-order valence-electron chi connectivity index (χ0n) is 19.9. The highest BCUT2D eigenvalue weighted by Crippen LogP contribution is 2.32. The number of aromatic nitrogens is 3. The number of carboxylic acid groups (broad SMARTS) is 1. The predicted octanol–water partition coefficient (Wildman–Crippen LogP) is 6.36. The Balaban J connectivity index is 1.55. The molecule has 178 valence electrons. The quantitative estimate of drug-likeness (QED) is 0.342. The van der Waals surface area contributed by atoms with Gasteiger partial charge in [-0.2, -0.15) is 5.10 Å². The molecule has 0 amide bonds.